The molecule has 0 aliphatic rings. The molecule has 1 aromatic heterocycles. The Morgan fingerprint density at radius 1 is 1.35 bits per heavy atom. The highest BCUT2D eigenvalue weighted by molar-refractivity contribution is 5.58. The molecule has 0 unspecified atom stereocenters. The molecule has 0 radical (unpaired) electrons. The van der Waals surface area contributed by atoms with E-state index in [-0.39, 0.29) is 12.4 Å². The molecule has 5 heteroatoms. The largest absolute Gasteiger partial charge is 0.390 e. The fourth-order valence-electron chi connectivity index (χ4n) is 1.45. The lowest BCUT2D eigenvalue weighted by Crippen LogP contribution is -2.12. The van der Waals surface area contributed by atoms with Crippen LogP contribution in [0.3, 0.4) is 0 Å². The summed E-state index contributed by atoms with van der Waals surface area (Å²) < 4.78 is 13.1. The van der Waals surface area contributed by atoms with Gasteiger partial charge in [0.2, 0.25) is 0 Å². The average molecular weight is 233 g/mol. The van der Waals surface area contributed by atoms with Crippen molar-refractivity contribution in [3.63, 3.8) is 0 Å². The van der Waals surface area contributed by atoms with Crippen molar-refractivity contribution in [3.8, 4) is 0 Å². The number of hydrogen-bond donors (Lipinski definition) is 1. The Labute approximate surface area is 98.4 Å². The number of halogens is 1. The lowest BCUT2D eigenvalue weighted by Gasteiger charge is -2.18. The number of benzene rings is 1. The summed E-state index contributed by atoms with van der Waals surface area (Å²) in [5.41, 5.74) is 1.15. The molecule has 0 fully saturated rings. The van der Waals surface area contributed by atoms with Crippen LogP contribution in [0.5, 0.6) is 0 Å². The second-order valence-corrected chi connectivity index (χ2v) is 3.57. The molecule has 0 aliphatic heterocycles. The lowest BCUT2D eigenvalue weighted by molar-refractivity contribution is 0.276. The van der Waals surface area contributed by atoms with Crippen molar-refractivity contribution in [2.24, 2.45) is 0 Å². The maximum atomic E-state index is 13.1. The smallest absolute Gasteiger partial charge is 0.151 e. The van der Waals surface area contributed by atoms with Crippen LogP contribution in [0.1, 0.15) is 5.69 Å². The molecule has 2 aromatic rings. The number of aromatic nitrogens is 2. The van der Waals surface area contributed by atoms with Gasteiger partial charge < -0.3 is 10.0 Å². The minimum Gasteiger partial charge on any atom is -0.390 e. The van der Waals surface area contributed by atoms with Crippen LogP contribution in [-0.4, -0.2) is 22.1 Å². The van der Waals surface area contributed by atoms with E-state index in [1.807, 2.05) is 0 Å². The first-order valence-electron chi connectivity index (χ1n) is 5.12. The third kappa shape index (κ3) is 2.57. The van der Waals surface area contributed by atoms with Gasteiger partial charge in [0.1, 0.15) is 5.82 Å². The van der Waals surface area contributed by atoms with E-state index in [0.717, 1.165) is 0 Å². The van der Waals surface area contributed by atoms with E-state index in [1.165, 1.54) is 18.3 Å². The Hall–Kier alpha value is -2.01. The number of aliphatic hydroxyl groups is 1. The highest BCUT2D eigenvalue weighted by Gasteiger charge is 2.07. The zero-order valence-electron chi connectivity index (χ0n) is 9.34. The van der Waals surface area contributed by atoms with Crippen molar-refractivity contribution in [3.05, 3.63) is 48.2 Å². The molecular formula is C12H12FN3O. The Kier molecular flexibility index (Phi) is 3.30. The van der Waals surface area contributed by atoms with Gasteiger partial charge in [-0.1, -0.05) is 6.07 Å². The van der Waals surface area contributed by atoms with E-state index in [9.17, 15) is 4.39 Å². The van der Waals surface area contributed by atoms with Gasteiger partial charge in [0.05, 0.1) is 24.7 Å². The van der Waals surface area contributed by atoms with Gasteiger partial charge in [-0.3, -0.25) is 4.98 Å². The quantitative estimate of drug-likeness (QED) is 0.879. The third-order valence-corrected chi connectivity index (χ3v) is 2.37. The van der Waals surface area contributed by atoms with Gasteiger partial charge in [-0.25, -0.2) is 9.37 Å². The van der Waals surface area contributed by atoms with E-state index in [1.54, 1.807) is 30.3 Å². The summed E-state index contributed by atoms with van der Waals surface area (Å²) in [5, 5.41) is 8.98. The first-order valence-corrected chi connectivity index (χ1v) is 5.12. The molecule has 0 atom stereocenters. The molecule has 0 saturated carbocycles. The molecule has 88 valence electrons. The summed E-state index contributed by atoms with van der Waals surface area (Å²) in [5.74, 6) is 0.253. The van der Waals surface area contributed by atoms with Crippen LogP contribution < -0.4 is 4.90 Å². The molecule has 1 heterocycles. The summed E-state index contributed by atoms with van der Waals surface area (Å²) in [4.78, 5) is 9.86. The SMILES string of the molecule is CN(c1cccc(F)c1)c1cncc(CO)n1. The van der Waals surface area contributed by atoms with Crippen molar-refractivity contribution >= 4 is 11.5 Å². The van der Waals surface area contributed by atoms with Crippen LogP contribution in [0.2, 0.25) is 0 Å². The second kappa shape index (κ2) is 4.88. The van der Waals surface area contributed by atoms with E-state index in [2.05, 4.69) is 9.97 Å². The zero-order valence-corrected chi connectivity index (χ0v) is 9.34. The molecule has 2 rings (SSSR count). The predicted molar refractivity (Wildman–Crippen MR) is 62.4 cm³/mol. The minimum atomic E-state index is -0.305. The monoisotopic (exact) mass is 233 g/mol. The van der Waals surface area contributed by atoms with Gasteiger partial charge in [0.15, 0.2) is 5.82 Å². The Balaban J connectivity index is 2.33. The van der Waals surface area contributed by atoms with Gasteiger partial charge in [-0.05, 0) is 18.2 Å². The average Bonchev–Trinajstić information content (AvgIpc) is 2.38. The summed E-state index contributed by atoms with van der Waals surface area (Å²) in [6, 6.07) is 6.20. The van der Waals surface area contributed by atoms with Crippen LogP contribution in [-0.2, 0) is 6.61 Å². The van der Waals surface area contributed by atoms with Crippen molar-refractivity contribution in [1.82, 2.24) is 9.97 Å². The number of hydrogen-bond acceptors (Lipinski definition) is 4. The van der Waals surface area contributed by atoms with Crippen molar-refractivity contribution in [2.75, 3.05) is 11.9 Å². The van der Waals surface area contributed by atoms with Gasteiger partial charge >= 0.3 is 0 Å². The molecule has 1 aromatic carbocycles. The third-order valence-electron chi connectivity index (χ3n) is 2.37. The van der Waals surface area contributed by atoms with Crippen molar-refractivity contribution < 1.29 is 9.50 Å². The van der Waals surface area contributed by atoms with E-state index >= 15 is 0 Å². The number of nitrogens with zero attached hydrogens (tertiary/aromatic N) is 3. The van der Waals surface area contributed by atoms with Gasteiger partial charge in [0, 0.05) is 12.7 Å². The molecule has 17 heavy (non-hydrogen) atoms. The summed E-state index contributed by atoms with van der Waals surface area (Å²) in [6.07, 6.45) is 3.05. The molecule has 1 N–H and O–H groups in total. The normalized spacial score (nSPS) is 10.3. The lowest BCUT2D eigenvalue weighted by atomic mass is 10.3. The minimum absolute atomic E-state index is 0.169. The first kappa shape index (κ1) is 11.5. The highest BCUT2D eigenvalue weighted by atomic mass is 19.1. The molecule has 0 saturated heterocycles. The maximum absolute atomic E-state index is 13.1. The van der Waals surface area contributed by atoms with Gasteiger partial charge in [-0.15, -0.1) is 0 Å². The first-order chi connectivity index (χ1) is 8.20. The van der Waals surface area contributed by atoms with Crippen LogP contribution in [0, 0.1) is 5.82 Å². The molecule has 0 spiro atoms. The molecule has 0 amide bonds. The fraction of sp³-hybridized carbons (Fsp3) is 0.167. The summed E-state index contributed by atoms with van der Waals surface area (Å²) >= 11 is 0. The van der Waals surface area contributed by atoms with Gasteiger partial charge in [0.25, 0.3) is 0 Å². The molecule has 0 bridgehead atoms. The molecular weight excluding hydrogens is 221 g/mol. The van der Waals surface area contributed by atoms with Crippen LogP contribution >= 0.6 is 0 Å². The van der Waals surface area contributed by atoms with Crippen LogP contribution in [0.25, 0.3) is 0 Å². The molecule has 4 nitrogen and oxygen atoms in total. The summed E-state index contributed by atoms with van der Waals surface area (Å²) in [6.45, 7) is -0.169. The van der Waals surface area contributed by atoms with Crippen molar-refractivity contribution in [1.29, 1.82) is 0 Å². The van der Waals surface area contributed by atoms with E-state index in [4.69, 9.17) is 5.11 Å². The van der Waals surface area contributed by atoms with Crippen molar-refractivity contribution in [2.45, 2.75) is 6.61 Å². The standard InChI is InChI=1S/C12H12FN3O/c1-16(11-4-2-3-9(13)5-11)12-7-14-6-10(8-17)15-12/h2-7,17H,8H2,1H3. The zero-order chi connectivity index (χ0) is 12.3. The second-order valence-electron chi connectivity index (χ2n) is 3.57. The molecule has 0 aliphatic carbocycles. The van der Waals surface area contributed by atoms with E-state index < -0.39 is 0 Å². The Bertz CT molecular complexity index is 519. The fourth-order valence-corrected chi connectivity index (χ4v) is 1.45. The Morgan fingerprint density at radius 3 is 2.88 bits per heavy atom. The topological polar surface area (TPSA) is 49.2 Å². The number of rotatable bonds is 3. The van der Waals surface area contributed by atoms with Crippen LogP contribution in [0.4, 0.5) is 15.9 Å². The Morgan fingerprint density at radius 2 is 2.18 bits per heavy atom. The number of anilines is 2. The predicted octanol–water partition coefficient (Wildman–Crippen LogP) is 1.88. The van der Waals surface area contributed by atoms with E-state index in [0.29, 0.717) is 17.2 Å². The number of aliphatic hydroxyl groups excluding tert-OH is 1. The maximum Gasteiger partial charge on any atom is 0.151 e. The van der Waals surface area contributed by atoms with Gasteiger partial charge in [-0.2, -0.15) is 0 Å². The summed E-state index contributed by atoms with van der Waals surface area (Å²) in [7, 11) is 1.76. The highest BCUT2D eigenvalue weighted by Crippen LogP contribution is 2.21. The van der Waals surface area contributed by atoms with Crippen LogP contribution in [0.15, 0.2) is 36.7 Å².